The molecule has 0 saturated heterocycles. The largest absolute Gasteiger partial charge is 0.481 e. The van der Waals surface area contributed by atoms with Gasteiger partial charge in [0.15, 0.2) is 0 Å². The summed E-state index contributed by atoms with van der Waals surface area (Å²) < 4.78 is 0. The first-order chi connectivity index (χ1) is 8.58. The Morgan fingerprint density at radius 1 is 1.61 bits per heavy atom. The van der Waals surface area contributed by atoms with Gasteiger partial charge in [0, 0.05) is 17.1 Å². The second-order valence-electron chi connectivity index (χ2n) is 4.03. The van der Waals surface area contributed by atoms with Crippen LogP contribution in [0.25, 0.3) is 0 Å². The predicted molar refractivity (Wildman–Crippen MR) is 76.1 cm³/mol. The molecule has 0 spiro atoms. The monoisotopic (exact) mass is 263 g/mol. The van der Waals surface area contributed by atoms with E-state index in [1.165, 1.54) is 0 Å². The smallest absolute Gasteiger partial charge is 0.308 e. The van der Waals surface area contributed by atoms with Gasteiger partial charge in [-0.25, -0.2) is 0 Å². The number of carboxylic acid groups (broad SMARTS) is 1. The lowest BCUT2D eigenvalue weighted by molar-refractivity contribution is -0.140. The summed E-state index contributed by atoms with van der Waals surface area (Å²) in [5, 5.41) is 8.96. The summed E-state index contributed by atoms with van der Waals surface area (Å²) in [6, 6.07) is 7.95. The summed E-state index contributed by atoms with van der Waals surface area (Å²) in [7, 11) is 0. The first-order valence-electron chi connectivity index (χ1n) is 5.63. The molecule has 3 nitrogen and oxygen atoms in total. The van der Waals surface area contributed by atoms with Gasteiger partial charge in [0.25, 0.3) is 0 Å². The standard InChI is InChI=1S/C14H17NO2S/c1-4-8-15(10-11(2)14(16)17)12-6-5-7-13(9-12)18-3/h1,5-7,9,11H,8,10H2,2-3H3,(H,16,17). The fourth-order valence-corrected chi connectivity index (χ4v) is 2.04. The average Bonchev–Trinajstić information content (AvgIpc) is 2.38. The summed E-state index contributed by atoms with van der Waals surface area (Å²) in [6.45, 7) is 2.51. The maximum Gasteiger partial charge on any atom is 0.308 e. The highest BCUT2D eigenvalue weighted by Gasteiger charge is 2.16. The molecule has 0 radical (unpaired) electrons. The van der Waals surface area contributed by atoms with Crippen molar-refractivity contribution in [2.75, 3.05) is 24.2 Å². The second-order valence-corrected chi connectivity index (χ2v) is 4.91. The van der Waals surface area contributed by atoms with Crippen molar-refractivity contribution in [2.45, 2.75) is 11.8 Å². The number of carbonyl (C=O) groups is 1. The van der Waals surface area contributed by atoms with Gasteiger partial charge in [0.2, 0.25) is 0 Å². The minimum Gasteiger partial charge on any atom is -0.481 e. The summed E-state index contributed by atoms with van der Waals surface area (Å²) >= 11 is 1.65. The Hall–Kier alpha value is -1.60. The molecule has 1 rings (SSSR count). The van der Waals surface area contributed by atoms with E-state index in [4.69, 9.17) is 11.5 Å². The molecule has 96 valence electrons. The molecule has 0 amide bonds. The van der Waals surface area contributed by atoms with E-state index in [2.05, 4.69) is 5.92 Å². The van der Waals surface area contributed by atoms with Crippen LogP contribution in [-0.2, 0) is 4.79 Å². The molecular formula is C14H17NO2S. The van der Waals surface area contributed by atoms with Crippen molar-refractivity contribution in [3.8, 4) is 12.3 Å². The Kier molecular flexibility index (Phi) is 5.60. The van der Waals surface area contributed by atoms with Crippen molar-refractivity contribution in [3.63, 3.8) is 0 Å². The number of aliphatic carboxylic acids is 1. The van der Waals surface area contributed by atoms with Crippen LogP contribution in [-0.4, -0.2) is 30.4 Å². The van der Waals surface area contributed by atoms with E-state index in [0.717, 1.165) is 10.6 Å². The van der Waals surface area contributed by atoms with Crippen molar-refractivity contribution in [1.82, 2.24) is 0 Å². The summed E-state index contributed by atoms with van der Waals surface area (Å²) in [5.74, 6) is 1.32. The van der Waals surface area contributed by atoms with Crippen LogP contribution in [0.1, 0.15) is 6.92 Å². The lowest BCUT2D eigenvalue weighted by Gasteiger charge is -2.24. The van der Waals surface area contributed by atoms with Crippen LogP contribution in [0, 0.1) is 18.3 Å². The summed E-state index contributed by atoms with van der Waals surface area (Å²) in [5.41, 5.74) is 0.966. The molecule has 0 saturated carbocycles. The number of carboxylic acids is 1. The van der Waals surface area contributed by atoms with Gasteiger partial charge in [-0.3, -0.25) is 4.79 Å². The number of terminal acetylenes is 1. The second kappa shape index (κ2) is 6.97. The van der Waals surface area contributed by atoms with E-state index in [0.29, 0.717) is 13.1 Å². The minimum absolute atomic E-state index is 0.412. The summed E-state index contributed by atoms with van der Waals surface area (Å²) in [6.07, 6.45) is 7.35. The van der Waals surface area contributed by atoms with Crippen molar-refractivity contribution in [1.29, 1.82) is 0 Å². The van der Waals surface area contributed by atoms with Crippen LogP contribution in [0.15, 0.2) is 29.2 Å². The van der Waals surface area contributed by atoms with Gasteiger partial charge >= 0.3 is 5.97 Å². The highest BCUT2D eigenvalue weighted by Crippen LogP contribution is 2.22. The number of benzene rings is 1. The Morgan fingerprint density at radius 2 is 2.33 bits per heavy atom. The molecule has 1 atom stereocenters. The zero-order valence-corrected chi connectivity index (χ0v) is 11.4. The maximum absolute atomic E-state index is 10.9. The molecule has 1 aromatic carbocycles. The van der Waals surface area contributed by atoms with Crippen LogP contribution in [0.2, 0.25) is 0 Å². The Balaban J connectivity index is 2.90. The Morgan fingerprint density at radius 3 is 2.89 bits per heavy atom. The van der Waals surface area contributed by atoms with E-state index in [1.807, 2.05) is 35.4 Å². The molecule has 1 N–H and O–H groups in total. The number of anilines is 1. The zero-order chi connectivity index (χ0) is 13.5. The molecule has 1 aromatic rings. The molecule has 0 aliphatic carbocycles. The van der Waals surface area contributed by atoms with Gasteiger partial charge in [-0.2, -0.15) is 0 Å². The third-order valence-corrected chi connectivity index (χ3v) is 3.34. The molecule has 0 aliphatic heterocycles. The molecule has 1 unspecified atom stereocenters. The molecule has 0 aliphatic rings. The van der Waals surface area contributed by atoms with Gasteiger partial charge in [0.1, 0.15) is 0 Å². The Labute approximate surface area is 112 Å². The normalized spacial score (nSPS) is 11.6. The van der Waals surface area contributed by atoms with Crippen LogP contribution >= 0.6 is 11.8 Å². The SMILES string of the molecule is C#CCN(CC(C)C(=O)O)c1cccc(SC)c1. The fourth-order valence-electron chi connectivity index (χ4n) is 1.59. The van der Waals surface area contributed by atoms with Crippen molar-refractivity contribution in [3.05, 3.63) is 24.3 Å². The van der Waals surface area contributed by atoms with Crippen LogP contribution in [0.4, 0.5) is 5.69 Å². The average molecular weight is 263 g/mol. The van der Waals surface area contributed by atoms with Gasteiger partial charge in [-0.1, -0.05) is 18.9 Å². The van der Waals surface area contributed by atoms with Gasteiger partial charge in [0.05, 0.1) is 12.5 Å². The van der Waals surface area contributed by atoms with Gasteiger partial charge < -0.3 is 10.0 Å². The van der Waals surface area contributed by atoms with E-state index < -0.39 is 11.9 Å². The van der Waals surface area contributed by atoms with Gasteiger partial charge in [-0.15, -0.1) is 18.2 Å². The van der Waals surface area contributed by atoms with Crippen LogP contribution in [0.5, 0.6) is 0 Å². The van der Waals surface area contributed by atoms with Gasteiger partial charge in [-0.05, 0) is 24.5 Å². The Bertz CT molecular complexity index is 453. The van der Waals surface area contributed by atoms with Crippen LogP contribution < -0.4 is 4.90 Å². The molecule has 0 aromatic heterocycles. The number of thioether (sulfide) groups is 1. The fraction of sp³-hybridized carbons (Fsp3) is 0.357. The lowest BCUT2D eigenvalue weighted by atomic mass is 10.1. The molecule has 18 heavy (non-hydrogen) atoms. The first-order valence-corrected chi connectivity index (χ1v) is 6.86. The zero-order valence-electron chi connectivity index (χ0n) is 10.6. The topological polar surface area (TPSA) is 40.5 Å². The van der Waals surface area contributed by atoms with E-state index in [1.54, 1.807) is 18.7 Å². The van der Waals surface area contributed by atoms with E-state index >= 15 is 0 Å². The number of hydrogen-bond donors (Lipinski definition) is 1. The molecule has 0 bridgehead atoms. The summed E-state index contributed by atoms with van der Waals surface area (Å²) in [4.78, 5) is 14.0. The van der Waals surface area contributed by atoms with E-state index in [9.17, 15) is 4.79 Å². The number of hydrogen-bond acceptors (Lipinski definition) is 3. The highest BCUT2D eigenvalue weighted by molar-refractivity contribution is 7.98. The van der Waals surface area contributed by atoms with Crippen molar-refractivity contribution >= 4 is 23.4 Å². The van der Waals surface area contributed by atoms with E-state index in [-0.39, 0.29) is 0 Å². The number of rotatable bonds is 6. The quantitative estimate of drug-likeness (QED) is 0.632. The molecular weight excluding hydrogens is 246 g/mol. The van der Waals surface area contributed by atoms with Crippen molar-refractivity contribution < 1.29 is 9.90 Å². The van der Waals surface area contributed by atoms with Crippen molar-refractivity contribution in [2.24, 2.45) is 5.92 Å². The number of nitrogens with zero attached hydrogens (tertiary/aromatic N) is 1. The first kappa shape index (κ1) is 14.5. The third kappa shape index (κ3) is 4.01. The predicted octanol–water partition coefficient (Wildman–Crippen LogP) is 2.57. The lowest BCUT2D eigenvalue weighted by Crippen LogP contribution is -2.32. The van der Waals surface area contributed by atoms with Crippen LogP contribution in [0.3, 0.4) is 0 Å². The third-order valence-electron chi connectivity index (χ3n) is 2.62. The molecule has 4 heteroatoms. The maximum atomic E-state index is 10.9. The highest BCUT2D eigenvalue weighted by atomic mass is 32.2. The molecule has 0 heterocycles. The minimum atomic E-state index is -0.807. The molecule has 0 fully saturated rings.